The molecule has 0 bridgehead atoms. The molecule has 0 radical (unpaired) electrons. The lowest BCUT2D eigenvalue weighted by Gasteiger charge is -2.35. The Hall–Kier alpha value is -0.610. The van der Waals surface area contributed by atoms with Crippen LogP contribution in [-0.4, -0.2) is 99.2 Å². The van der Waals surface area contributed by atoms with Gasteiger partial charge in [0, 0.05) is 58.9 Å². The van der Waals surface area contributed by atoms with E-state index in [1.165, 1.54) is 20.2 Å². The van der Waals surface area contributed by atoms with Crippen molar-refractivity contribution in [2.45, 2.75) is 27.7 Å². The molecule has 0 spiro atoms. The van der Waals surface area contributed by atoms with Gasteiger partial charge in [-0.1, -0.05) is 20.8 Å². The number of carbonyl (C=O) groups is 1. The maximum atomic E-state index is 12.0. The number of carbonyl (C=O) groups excluding carboxylic acids is 1. The molecule has 7 nitrogen and oxygen atoms in total. The van der Waals surface area contributed by atoms with Gasteiger partial charge in [-0.2, -0.15) is 0 Å². The van der Waals surface area contributed by atoms with Gasteiger partial charge < -0.3 is 24.8 Å². The summed E-state index contributed by atoms with van der Waals surface area (Å²) in [5.41, 5.74) is 0. The third-order valence-electron chi connectivity index (χ3n) is 5.79. The van der Waals surface area contributed by atoms with E-state index in [4.69, 9.17) is 9.73 Å². The van der Waals surface area contributed by atoms with Crippen molar-refractivity contribution in [2.75, 3.05) is 72.6 Å². The molecule has 2 aliphatic rings. The lowest BCUT2D eigenvalue weighted by molar-refractivity contribution is -0.145. The van der Waals surface area contributed by atoms with Crippen LogP contribution in [0.15, 0.2) is 4.99 Å². The van der Waals surface area contributed by atoms with Gasteiger partial charge in [0.2, 0.25) is 0 Å². The van der Waals surface area contributed by atoms with E-state index in [9.17, 15) is 4.79 Å². The van der Waals surface area contributed by atoms with Crippen molar-refractivity contribution in [3.63, 3.8) is 0 Å². The zero-order valence-corrected chi connectivity index (χ0v) is 20.6. The number of likely N-dealkylation sites (tertiary alicyclic amines) is 1. The Morgan fingerprint density at radius 3 is 2.39 bits per heavy atom. The number of esters is 1. The van der Waals surface area contributed by atoms with Gasteiger partial charge in [0.05, 0.1) is 13.0 Å². The summed E-state index contributed by atoms with van der Waals surface area (Å²) in [7, 11) is 1.47. The van der Waals surface area contributed by atoms with Crippen LogP contribution in [0, 0.1) is 17.8 Å². The number of halogens is 1. The fraction of sp³-hybridized carbons (Fsp3) is 0.900. The van der Waals surface area contributed by atoms with Crippen molar-refractivity contribution in [1.82, 2.24) is 20.0 Å². The topological polar surface area (TPSA) is 60.4 Å². The van der Waals surface area contributed by atoms with E-state index in [-0.39, 0.29) is 41.8 Å². The molecule has 3 unspecified atom stereocenters. The molecule has 8 heteroatoms. The van der Waals surface area contributed by atoms with Gasteiger partial charge in [-0.3, -0.25) is 9.79 Å². The molecule has 2 fully saturated rings. The normalized spacial score (nSPS) is 25.3. The molecule has 2 rings (SSSR count). The number of nitrogens with zero attached hydrogens (tertiary/aromatic N) is 4. The van der Waals surface area contributed by atoms with Gasteiger partial charge >= 0.3 is 5.97 Å². The van der Waals surface area contributed by atoms with Gasteiger partial charge in [0.25, 0.3) is 0 Å². The molecule has 28 heavy (non-hydrogen) atoms. The first kappa shape index (κ1) is 25.4. The van der Waals surface area contributed by atoms with Crippen LogP contribution in [0.2, 0.25) is 0 Å². The van der Waals surface area contributed by atoms with Crippen molar-refractivity contribution >= 4 is 35.9 Å². The van der Waals surface area contributed by atoms with Gasteiger partial charge in [0.15, 0.2) is 5.96 Å². The van der Waals surface area contributed by atoms with Gasteiger partial charge in [-0.05, 0) is 25.3 Å². The second-order valence-corrected chi connectivity index (χ2v) is 8.05. The summed E-state index contributed by atoms with van der Waals surface area (Å²) in [5.74, 6) is 1.56. The summed E-state index contributed by atoms with van der Waals surface area (Å²) in [6.07, 6.45) is 0. The first-order chi connectivity index (χ1) is 13.0. The quantitative estimate of drug-likeness (QED) is 0.244. The van der Waals surface area contributed by atoms with E-state index < -0.39 is 0 Å². The van der Waals surface area contributed by atoms with Crippen molar-refractivity contribution < 1.29 is 9.53 Å². The summed E-state index contributed by atoms with van der Waals surface area (Å²) in [4.78, 5) is 24.1. The molecule has 0 amide bonds. The number of nitrogens with one attached hydrogen (secondary N) is 1. The fourth-order valence-electron chi connectivity index (χ4n) is 4.05. The van der Waals surface area contributed by atoms with Crippen LogP contribution < -0.4 is 5.32 Å². The zero-order chi connectivity index (χ0) is 19.8. The number of hydrogen-bond donors (Lipinski definition) is 1. The second kappa shape index (κ2) is 12.8. The first-order valence-corrected chi connectivity index (χ1v) is 10.5. The predicted molar refractivity (Wildman–Crippen MR) is 125 cm³/mol. The summed E-state index contributed by atoms with van der Waals surface area (Å²) in [6.45, 7) is 18.8. The monoisotopic (exact) mass is 509 g/mol. The number of ether oxygens (including phenoxy) is 1. The number of piperazine rings is 1. The molecule has 0 aromatic heterocycles. The SMILES string of the molecule is CCNC(=NCC(C)CN1CCN(CC)CC1)N1CC(C)C(C(=O)OC)C1.I. The van der Waals surface area contributed by atoms with Gasteiger partial charge in [0.1, 0.15) is 0 Å². The molecule has 0 saturated carbocycles. The highest BCUT2D eigenvalue weighted by molar-refractivity contribution is 14.0. The van der Waals surface area contributed by atoms with E-state index in [0.717, 1.165) is 51.8 Å². The highest BCUT2D eigenvalue weighted by Crippen LogP contribution is 2.24. The lowest BCUT2D eigenvalue weighted by atomic mass is 9.99. The van der Waals surface area contributed by atoms with Gasteiger partial charge in [-0.25, -0.2) is 0 Å². The maximum Gasteiger partial charge on any atom is 0.310 e. The zero-order valence-electron chi connectivity index (χ0n) is 18.3. The van der Waals surface area contributed by atoms with Crippen LogP contribution in [0.4, 0.5) is 0 Å². The van der Waals surface area contributed by atoms with Crippen LogP contribution in [0.1, 0.15) is 27.7 Å². The smallest absolute Gasteiger partial charge is 0.310 e. The molecular formula is C20H40IN5O2. The van der Waals surface area contributed by atoms with E-state index in [2.05, 4.69) is 47.7 Å². The lowest BCUT2D eigenvalue weighted by Crippen LogP contribution is -2.47. The number of guanidine groups is 1. The Bertz CT molecular complexity index is 497. The van der Waals surface area contributed by atoms with Crippen LogP contribution in [0.25, 0.3) is 0 Å². The molecule has 2 saturated heterocycles. The summed E-state index contributed by atoms with van der Waals surface area (Å²) in [6, 6.07) is 0. The van der Waals surface area contributed by atoms with E-state index in [1.54, 1.807) is 0 Å². The Balaban J connectivity index is 0.00000392. The van der Waals surface area contributed by atoms with E-state index in [0.29, 0.717) is 12.5 Å². The molecule has 2 aliphatic heterocycles. The van der Waals surface area contributed by atoms with Crippen molar-refractivity contribution in [3.8, 4) is 0 Å². The van der Waals surface area contributed by atoms with Crippen molar-refractivity contribution in [3.05, 3.63) is 0 Å². The van der Waals surface area contributed by atoms with Crippen LogP contribution in [0.5, 0.6) is 0 Å². The number of aliphatic imine (C=N–C) groups is 1. The van der Waals surface area contributed by atoms with Crippen LogP contribution >= 0.6 is 24.0 Å². The van der Waals surface area contributed by atoms with E-state index in [1.807, 2.05) is 0 Å². The largest absolute Gasteiger partial charge is 0.469 e. The predicted octanol–water partition coefficient (Wildman–Crippen LogP) is 1.58. The van der Waals surface area contributed by atoms with Crippen molar-refractivity contribution in [1.29, 1.82) is 0 Å². The summed E-state index contributed by atoms with van der Waals surface area (Å²) >= 11 is 0. The molecule has 164 valence electrons. The summed E-state index contributed by atoms with van der Waals surface area (Å²) < 4.78 is 4.96. The molecule has 0 aromatic carbocycles. The average molecular weight is 509 g/mol. The number of methoxy groups -OCH3 is 1. The minimum Gasteiger partial charge on any atom is -0.469 e. The molecule has 1 N–H and O–H groups in total. The highest BCUT2D eigenvalue weighted by atomic mass is 127. The Kier molecular flexibility index (Phi) is 11.7. The molecule has 3 atom stereocenters. The Morgan fingerprint density at radius 1 is 1.18 bits per heavy atom. The van der Waals surface area contributed by atoms with Crippen LogP contribution in [0.3, 0.4) is 0 Å². The minimum atomic E-state index is -0.111. The Morgan fingerprint density at radius 2 is 1.82 bits per heavy atom. The molecule has 2 heterocycles. The standard InChI is InChI=1S/C20H39N5O2.HI/c1-6-21-20(25-14-17(4)18(15-25)19(26)27-5)22-12-16(3)13-24-10-8-23(7-2)9-11-24;/h16-18H,6-15H2,1-5H3,(H,21,22);1H. The minimum absolute atomic E-state index is 0. The first-order valence-electron chi connectivity index (χ1n) is 10.5. The average Bonchev–Trinajstić information content (AvgIpc) is 3.06. The number of rotatable bonds is 7. The summed E-state index contributed by atoms with van der Waals surface area (Å²) in [5, 5.41) is 3.40. The molecule has 0 aromatic rings. The van der Waals surface area contributed by atoms with Crippen LogP contribution in [-0.2, 0) is 9.53 Å². The number of likely N-dealkylation sites (N-methyl/N-ethyl adjacent to an activating group) is 1. The van der Waals surface area contributed by atoms with Gasteiger partial charge in [-0.15, -0.1) is 24.0 Å². The molecule has 0 aliphatic carbocycles. The Labute approximate surface area is 188 Å². The highest BCUT2D eigenvalue weighted by Gasteiger charge is 2.36. The number of hydrogen-bond acceptors (Lipinski definition) is 5. The third-order valence-corrected chi connectivity index (χ3v) is 5.79. The maximum absolute atomic E-state index is 12.0. The van der Waals surface area contributed by atoms with E-state index >= 15 is 0 Å². The second-order valence-electron chi connectivity index (χ2n) is 8.05. The van der Waals surface area contributed by atoms with Crippen molar-refractivity contribution in [2.24, 2.45) is 22.7 Å². The third kappa shape index (κ3) is 7.33. The molecular weight excluding hydrogens is 469 g/mol. The fourth-order valence-corrected chi connectivity index (χ4v) is 4.05.